The van der Waals surface area contributed by atoms with Crippen molar-refractivity contribution in [2.75, 3.05) is 13.2 Å². The molecule has 2 heterocycles. The molecule has 5 heteroatoms. The lowest BCUT2D eigenvalue weighted by molar-refractivity contribution is -0.132. The second kappa shape index (κ2) is 9.24. The Morgan fingerprint density at radius 3 is 2.62 bits per heavy atom. The molecule has 0 spiro atoms. The number of benzene rings is 2. The summed E-state index contributed by atoms with van der Waals surface area (Å²) in [5.41, 5.74) is 4.39. The maximum absolute atomic E-state index is 13.1. The highest BCUT2D eigenvalue weighted by atomic mass is 28.3. The van der Waals surface area contributed by atoms with Crippen molar-refractivity contribution in [1.29, 1.82) is 0 Å². The molecule has 4 rings (SSSR count). The summed E-state index contributed by atoms with van der Waals surface area (Å²) in [5.74, 6) is 0.0759. The van der Waals surface area contributed by atoms with Crippen LogP contribution in [-0.4, -0.2) is 32.1 Å². The van der Waals surface area contributed by atoms with Crippen LogP contribution in [0.15, 0.2) is 48.5 Å². The molecule has 2 aromatic carbocycles. The summed E-state index contributed by atoms with van der Waals surface area (Å²) in [7, 11) is -1.57. The summed E-state index contributed by atoms with van der Waals surface area (Å²) in [6.07, 6.45) is 3.01. The van der Waals surface area contributed by atoms with Crippen molar-refractivity contribution >= 4 is 30.1 Å². The van der Waals surface area contributed by atoms with Crippen LogP contribution in [-0.2, 0) is 28.0 Å². The minimum atomic E-state index is -1.57. The molecule has 1 aliphatic heterocycles. The van der Waals surface area contributed by atoms with Crippen molar-refractivity contribution in [3.63, 3.8) is 0 Å². The average Bonchev–Trinajstić information content (AvgIpc) is 3.20. The Hall–Kier alpha value is -2.37. The van der Waals surface area contributed by atoms with Crippen molar-refractivity contribution in [3.05, 3.63) is 65.4 Å². The number of aromatic amines is 1. The van der Waals surface area contributed by atoms with E-state index >= 15 is 0 Å². The number of aryl methyl sites for hydroxylation is 1. The lowest BCUT2D eigenvalue weighted by Crippen LogP contribution is -2.45. The summed E-state index contributed by atoms with van der Waals surface area (Å²) in [4.78, 5) is 16.7. The number of amides is 1. The van der Waals surface area contributed by atoms with Gasteiger partial charge in [-0.1, -0.05) is 80.7 Å². The SMILES string of the molecule is CCc1cccc2c3c([nH]c12)C(CC)(CC(=O)NCC[Si](C)(C)c1ccccc1)OCC3. The number of carbonyl (C=O) groups is 1. The number of carbonyl (C=O) groups excluding carboxylic acids is 1. The third-order valence-electron chi connectivity index (χ3n) is 7.24. The van der Waals surface area contributed by atoms with Gasteiger partial charge in [0.25, 0.3) is 0 Å². The molecule has 1 aromatic heterocycles. The molecule has 2 N–H and O–H groups in total. The molecule has 0 saturated heterocycles. The Kier molecular flexibility index (Phi) is 6.59. The monoisotopic (exact) mass is 448 g/mol. The third kappa shape index (κ3) is 4.28. The molecule has 170 valence electrons. The maximum atomic E-state index is 13.1. The van der Waals surface area contributed by atoms with E-state index in [1.165, 1.54) is 27.2 Å². The molecule has 0 bridgehead atoms. The molecular weight excluding hydrogens is 412 g/mol. The molecular formula is C27H36N2O2Si. The first-order valence-corrected chi connectivity index (χ1v) is 15.2. The van der Waals surface area contributed by atoms with Gasteiger partial charge in [-0.05, 0) is 36.4 Å². The Balaban J connectivity index is 1.49. The van der Waals surface area contributed by atoms with Crippen molar-refractivity contribution in [2.45, 2.75) is 64.3 Å². The van der Waals surface area contributed by atoms with Crippen LogP contribution >= 0.6 is 0 Å². The molecule has 1 unspecified atom stereocenters. The first kappa shape index (κ1) is 22.8. The van der Waals surface area contributed by atoms with Gasteiger partial charge in [0.05, 0.1) is 26.8 Å². The molecule has 1 atom stereocenters. The standard InChI is InChI=1S/C27H36N2O2Si/c1-5-20-11-10-14-22-23-15-17-31-27(6-2,26(23)29-25(20)22)19-24(30)28-16-18-32(3,4)21-12-8-7-9-13-21/h7-14,29H,5-6,15-19H2,1-4H3,(H,28,30). The van der Waals surface area contributed by atoms with Gasteiger partial charge in [0.2, 0.25) is 5.91 Å². The quantitative estimate of drug-likeness (QED) is 0.475. The highest BCUT2D eigenvalue weighted by Gasteiger charge is 2.41. The molecule has 0 fully saturated rings. The Morgan fingerprint density at radius 1 is 1.12 bits per heavy atom. The van der Waals surface area contributed by atoms with E-state index in [0.717, 1.165) is 31.0 Å². The molecule has 0 aliphatic carbocycles. The van der Waals surface area contributed by atoms with E-state index in [-0.39, 0.29) is 5.91 Å². The lowest BCUT2D eigenvalue weighted by atomic mass is 9.86. The van der Waals surface area contributed by atoms with E-state index in [1.807, 2.05) is 0 Å². The van der Waals surface area contributed by atoms with Crippen LogP contribution in [0.4, 0.5) is 0 Å². The van der Waals surface area contributed by atoms with E-state index in [0.29, 0.717) is 19.6 Å². The van der Waals surface area contributed by atoms with Crippen LogP contribution in [0.2, 0.25) is 19.1 Å². The Labute approximate surface area is 192 Å². The molecule has 1 amide bonds. The first-order valence-electron chi connectivity index (χ1n) is 12.0. The molecule has 0 radical (unpaired) electrons. The van der Waals surface area contributed by atoms with Gasteiger partial charge in [0, 0.05) is 17.4 Å². The molecule has 0 saturated carbocycles. The number of aromatic nitrogens is 1. The molecule has 4 nitrogen and oxygen atoms in total. The Morgan fingerprint density at radius 2 is 1.91 bits per heavy atom. The van der Waals surface area contributed by atoms with E-state index < -0.39 is 13.7 Å². The largest absolute Gasteiger partial charge is 0.368 e. The molecule has 1 aliphatic rings. The van der Waals surface area contributed by atoms with Crippen LogP contribution in [0.1, 0.15) is 43.5 Å². The smallest absolute Gasteiger partial charge is 0.223 e. The number of para-hydroxylation sites is 1. The summed E-state index contributed by atoms with van der Waals surface area (Å²) in [5, 5.41) is 5.93. The maximum Gasteiger partial charge on any atom is 0.223 e. The number of ether oxygens (including phenoxy) is 1. The van der Waals surface area contributed by atoms with Crippen molar-refractivity contribution < 1.29 is 9.53 Å². The van der Waals surface area contributed by atoms with Gasteiger partial charge in [0.15, 0.2) is 0 Å². The van der Waals surface area contributed by atoms with E-state index in [1.54, 1.807) is 0 Å². The number of rotatable bonds is 8. The van der Waals surface area contributed by atoms with Gasteiger partial charge >= 0.3 is 0 Å². The zero-order chi connectivity index (χ0) is 22.8. The van der Waals surface area contributed by atoms with Gasteiger partial charge in [-0.3, -0.25) is 4.79 Å². The van der Waals surface area contributed by atoms with E-state index in [9.17, 15) is 4.79 Å². The second-order valence-electron chi connectivity index (χ2n) is 9.64. The van der Waals surface area contributed by atoms with Crippen LogP contribution in [0.25, 0.3) is 10.9 Å². The van der Waals surface area contributed by atoms with Crippen LogP contribution in [0, 0.1) is 0 Å². The fourth-order valence-corrected chi connectivity index (χ4v) is 7.24. The molecule has 32 heavy (non-hydrogen) atoms. The zero-order valence-electron chi connectivity index (χ0n) is 19.9. The van der Waals surface area contributed by atoms with E-state index in [2.05, 4.69) is 85.8 Å². The number of H-pyrrole nitrogens is 1. The minimum absolute atomic E-state index is 0.0759. The van der Waals surface area contributed by atoms with Crippen LogP contribution in [0.5, 0.6) is 0 Å². The van der Waals surface area contributed by atoms with Gasteiger partial charge < -0.3 is 15.0 Å². The second-order valence-corrected chi connectivity index (χ2v) is 14.5. The third-order valence-corrected chi connectivity index (χ3v) is 10.6. The normalized spacial score (nSPS) is 18.5. The van der Waals surface area contributed by atoms with Crippen LogP contribution in [0.3, 0.4) is 0 Å². The van der Waals surface area contributed by atoms with Gasteiger partial charge in [-0.25, -0.2) is 0 Å². The summed E-state index contributed by atoms with van der Waals surface area (Å²) in [6.45, 7) is 10.4. The van der Waals surface area contributed by atoms with Gasteiger partial charge in [0.1, 0.15) is 5.60 Å². The number of hydrogen-bond acceptors (Lipinski definition) is 2. The minimum Gasteiger partial charge on any atom is -0.368 e. The average molecular weight is 449 g/mol. The summed E-state index contributed by atoms with van der Waals surface area (Å²) < 4.78 is 6.35. The topological polar surface area (TPSA) is 54.1 Å². The lowest BCUT2D eigenvalue weighted by Gasteiger charge is -2.36. The predicted molar refractivity (Wildman–Crippen MR) is 135 cm³/mol. The van der Waals surface area contributed by atoms with Crippen molar-refractivity contribution in [3.8, 4) is 0 Å². The predicted octanol–water partition coefficient (Wildman–Crippen LogP) is 5.03. The van der Waals surface area contributed by atoms with Gasteiger partial charge in [-0.2, -0.15) is 0 Å². The van der Waals surface area contributed by atoms with Crippen molar-refractivity contribution in [2.24, 2.45) is 0 Å². The highest BCUT2D eigenvalue weighted by molar-refractivity contribution is 6.89. The number of nitrogens with one attached hydrogen (secondary N) is 2. The van der Waals surface area contributed by atoms with Crippen molar-refractivity contribution in [1.82, 2.24) is 10.3 Å². The number of fused-ring (bicyclic) bond motifs is 3. The summed E-state index contributed by atoms with van der Waals surface area (Å²) in [6, 6.07) is 18.3. The first-order chi connectivity index (χ1) is 15.4. The number of hydrogen-bond donors (Lipinski definition) is 2. The van der Waals surface area contributed by atoms with E-state index in [4.69, 9.17) is 4.74 Å². The fraction of sp³-hybridized carbons (Fsp3) is 0.444. The van der Waals surface area contributed by atoms with Crippen LogP contribution < -0.4 is 10.5 Å². The highest BCUT2D eigenvalue weighted by Crippen LogP contribution is 2.42. The summed E-state index contributed by atoms with van der Waals surface area (Å²) >= 11 is 0. The Bertz CT molecular complexity index is 1090. The molecule has 3 aromatic rings. The van der Waals surface area contributed by atoms with Gasteiger partial charge in [-0.15, -0.1) is 0 Å². The zero-order valence-corrected chi connectivity index (χ0v) is 20.9. The fourth-order valence-electron chi connectivity index (χ4n) is 5.11.